The number of benzene rings is 2. The van der Waals surface area contributed by atoms with Crippen LogP contribution in [0.4, 0.5) is 11.4 Å². The summed E-state index contributed by atoms with van der Waals surface area (Å²) in [6.07, 6.45) is 0.0111. The maximum absolute atomic E-state index is 12.2. The highest BCUT2D eigenvalue weighted by Crippen LogP contribution is 2.14. The molecule has 0 unspecified atom stereocenters. The summed E-state index contributed by atoms with van der Waals surface area (Å²) in [5, 5.41) is 5.28. The van der Waals surface area contributed by atoms with Gasteiger partial charge in [-0.2, -0.15) is 0 Å². The standard InChI is InChI=1S/C18H21N3O4S/c1-13-4-3-5-16(12-13)21-18(23)10-11-19-26(24,25)17-8-6-15(7-9-17)20-14(2)22/h3-9,12,19H,10-11H2,1-2H3,(H,20,22)(H,21,23). The van der Waals surface area contributed by atoms with Gasteiger partial charge in [-0.05, 0) is 48.9 Å². The van der Waals surface area contributed by atoms with Gasteiger partial charge < -0.3 is 10.6 Å². The van der Waals surface area contributed by atoms with Crippen molar-refractivity contribution in [1.29, 1.82) is 0 Å². The second-order valence-electron chi connectivity index (χ2n) is 5.77. The topological polar surface area (TPSA) is 104 Å². The number of sulfonamides is 1. The first kappa shape index (κ1) is 19.6. The lowest BCUT2D eigenvalue weighted by atomic mass is 10.2. The molecule has 0 spiro atoms. The van der Waals surface area contributed by atoms with E-state index in [1.54, 1.807) is 6.07 Å². The number of carbonyl (C=O) groups is 2. The van der Waals surface area contributed by atoms with Gasteiger partial charge in [-0.25, -0.2) is 13.1 Å². The predicted octanol–water partition coefficient (Wildman–Crippen LogP) is 2.26. The third-order valence-electron chi connectivity index (χ3n) is 3.43. The molecule has 3 N–H and O–H groups in total. The monoisotopic (exact) mass is 375 g/mol. The Morgan fingerprint density at radius 1 is 0.962 bits per heavy atom. The van der Waals surface area contributed by atoms with Gasteiger partial charge in [0.25, 0.3) is 0 Å². The summed E-state index contributed by atoms with van der Waals surface area (Å²) in [4.78, 5) is 22.9. The SMILES string of the molecule is CC(=O)Nc1ccc(S(=O)(=O)NCCC(=O)Nc2cccc(C)c2)cc1. The molecule has 0 bridgehead atoms. The maximum Gasteiger partial charge on any atom is 0.240 e. The lowest BCUT2D eigenvalue weighted by molar-refractivity contribution is -0.116. The Kier molecular flexibility index (Phi) is 6.48. The van der Waals surface area contributed by atoms with E-state index in [4.69, 9.17) is 0 Å². The zero-order valence-corrected chi connectivity index (χ0v) is 15.4. The van der Waals surface area contributed by atoms with E-state index in [0.717, 1.165) is 5.56 Å². The molecular formula is C18H21N3O4S. The number of nitrogens with one attached hydrogen (secondary N) is 3. The van der Waals surface area contributed by atoms with E-state index < -0.39 is 10.0 Å². The summed E-state index contributed by atoms with van der Waals surface area (Å²) in [7, 11) is -3.72. The van der Waals surface area contributed by atoms with Crippen LogP contribution in [0, 0.1) is 6.92 Å². The van der Waals surface area contributed by atoms with Crippen LogP contribution in [-0.2, 0) is 19.6 Å². The molecule has 2 aromatic rings. The van der Waals surface area contributed by atoms with Gasteiger partial charge in [-0.1, -0.05) is 12.1 Å². The first-order valence-electron chi connectivity index (χ1n) is 8.00. The Balaban J connectivity index is 1.87. The molecule has 0 heterocycles. The summed E-state index contributed by atoms with van der Waals surface area (Å²) in [6, 6.07) is 13.1. The van der Waals surface area contributed by atoms with Crippen molar-refractivity contribution in [2.24, 2.45) is 0 Å². The van der Waals surface area contributed by atoms with Crippen LogP contribution in [0.2, 0.25) is 0 Å². The second-order valence-corrected chi connectivity index (χ2v) is 7.54. The molecule has 0 aliphatic heterocycles. The van der Waals surface area contributed by atoms with Crippen molar-refractivity contribution in [1.82, 2.24) is 4.72 Å². The van der Waals surface area contributed by atoms with Crippen molar-refractivity contribution in [3.05, 3.63) is 54.1 Å². The fraction of sp³-hybridized carbons (Fsp3) is 0.222. The van der Waals surface area contributed by atoms with Gasteiger partial charge in [0, 0.05) is 31.3 Å². The molecule has 0 aliphatic rings. The van der Waals surface area contributed by atoms with Crippen LogP contribution in [0.3, 0.4) is 0 Å². The van der Waals surface area contributed by atoms with Crippen LogP contribution in [-0.4, -0.2) is 26.8 Å². The lowest BCUT2D eigenvalue weighted by Gasteiger charge is -2.09. The number of aryl methyl sites for hydroxylation is 1. The zero-order chi connectivity index (χ0) is 19.2. The first-order chi connectivity index (χ1) is 12.3. The van der Waals surface area contributed by atoms with Crippen LogP contribution >= 0.6 is 0 Å². The van der Waals surface area contributed by atoms with Crippen molar-refractivity contribution in [2.45, 2.75) is 25.2 Å². The fourth-order valence-corrected chi connectivity index (χ4v) is 3.28. The third-order valence-corrected chi connectivity index (χ3v) is 4.91. The molecule has 2 amide bonds. The Labute approximate surface area is 152 Å². The van der Waals surface area contributed by atoms with Crippen molar-refractivity contribution in [3.8, 4) is 0 Å². The molecule has 0 fully saturated rings. The third kappa shape index (κ3) is 5.98. The number of hydrogen-bond donors (Lipinski definition) is 3. The molecule has 0 aromatic heterocycles. The molecule has 2 aromatic carbocycles. The fourth-order valence-electron chi connectivity index (χ4n) is 2.25. The normalized spacial score (nSPS) is 11.0. The number of hydrogen-bond acceptors (Lipinski definition) is 4. The molecule has 8 heteroatoms. The highest BCUT2D eigenvalue weighted by molar-refractivity contribution is 7.89. The molecule has 0 aliphatic carbocycles. The molecule has 26 heavy (non-hydrogen) atoms. The average molecular weight is 375 g/mol. The van der Waals surface area contributed by atoms with Gasteiger partial charge in [-0.15, -0.1) is 0 Å². The van der Waals surface area contributed by atoms with Crippen LogP contribution < -0.4 is 15.4 Å². The average Bonchev–Trinajstić information content (AvgIpc) is 2.54. The predicted molar refractivity (Wildman–Crippen MR) is 100 cm³/mol. The Morgan fingerprint density at radius 3 is 2.27 bits per heavy atom. The highest BCUT2D eigenvalue weighted by atomic mass is 32.2. The highest BCUT2D eigenvalue weighted by Gasteiger charge is 2.14. The Bertz CT molecular complexity index is 893. The van der Waals surface area contributed by atoms with Crippen LogP contribution in [0.1, 0.15) is 18.9 Å². The van der Waals surface area contributed by atoms with E-state index in [2.05, 4.69) is 15.4 Å². The van der Waals surface area contributed by atoms with Crippen molar-refractivity contribution in [3.63, 3.8) is 0 Å². The summed E-state index contributed by atoms with van der Waals surface area (Å²) < 4.78 is 26.8. The molecular weight excluding hydrogens is 354 g/mol. The van der Waals surface area contributed by atoms with E-state index in [1.165, 1.54) is 31.2 Å². The van der Waals surface area contributed by atoms with E-state index in [1.807, 2.05) is 25.1 Å². The largest absolute Gasteiger partial charge is 0.326 e. The molecule has 0 saturated carbocycles. The zero-order valence-electron chi connectivity index (χ0n) is 14.6. The second kappa shape index (κ2) is 8.59. The number of rotatable bonds is 7. The molecule has 7 nitrogen and oxygen atoms in total. The summed E-state index contributed by atoms with van der Waals surface area (Å²) >= 11 is 0. The van der Waals surface area contributed by atoms with Crippen molar-refractivity contribution >= 4 is 33.2 Å². The lowest BCUT2D eigenvalue weighted by Crippen LogP contribution is -2.27. The smallest absolute Gasteiger partial charge is 0.240 e. The van der Waals surface area contributed by atoms with Gasteiger partial charge in [-0.3, -0.25) is 9.59 Å². The molecule has 0 radical (unpaired) electrons. The van der Waals surface area contributed by atoms with Crippen LogP contribution in [0.25, 0.3) is 0 Å². The van der Waals surface area contributed by atoms with Gasteiger partial charge in [0.1, 0.15) is 0 Å². The number of anilines is 2. The Morgan fingerprint density at radius 2 is 1.65 bits per heavy atom. The number of carbonyl (C=O) groups excluding carboxylic acids is 2. The molecule has 0 saturated heterocycles. The number of amides is 2. The van der Waals surface area contributed by atoms with E-state index >= 15 is 0 Å². The summed E-state index contributed by atoms with van der Waals surface area (Å²) in [6.45, 7) is 3.27. The van der Waals surface area contributed by atoms with Gasteiger partial charge in [0.05, 0.1) is 4.90 Å². The van der Waals surface area contributed by atoms with E-state index in [-0.39, 0.29) is 29.7 Å². The summed E-state index contributed by atoms with van der Waals surface area (Å²) in [5.41, 5.74) is 2.20. The van der Waals surface area contributed by atoms with Gasteiger partial charge in [0.15, 0.2) is 0 Å². The molecule has 0 atom stereocenters. The van der Waals surface area contributed by atoms with Gasteiger partial charge >= 0.3 is 0 Å². The molecule has 2 rings (SSSR count). The molecule has 138 valence electrons. The van der Waals surface area contributed by atoms with Gasteiger partial charge in [0.2, 0.25) is 21.8 Å². The van der Waals surface area contributed by atoms with Crippen LogP contribution in [0.5, 0.6) is 0 Å². The first-order valence-corrected chi connectivity index (χ1v) is 9.48. The summed E-state index contributed by atoms with van der Waals surface area (Å²) in [5.74, 6) is -0.516. The minimum absolute atomic E-state index is 0.0111. The Hall–Kier alpha value is -2.71. The van der Waals surface area contributed by atoms with Crippen molar-refractivity contribution < 1.29 is 18.0 Å². The maximum atomic E-state index is 12.2. The quantitative estimate of drug-likeness (QED) is 0.690. The van der Waals surface area contributed by atoms with E-state index in [9.17, 15) is 18.0 Å². The minimum Gasteiger partial charge on any atom is -0.326 e. The minimum atomic E-state index is -3.72. The van der Waals surface area contributed by atoms with Crippen LogP contribution in [0.15, 0.2) is 53.4 Å². The van der Waals surface area contributed by atoms with Crippen molar-refractivity contribution in [2.75, 3.05) is 17.2 Å². The van der Waals surface area contributed by atoms with E-state index in [0.29, 0.717) is 11.4 Å².